The molecule has 0 amide bonds. The van der Waals surface area contributed by atoms with Crippen LogP contribution in [0.15, 0.2) is 206 Å². The third-order valence-electron chi connectivity index (χ3n) is 13.1. The molecule has 1 aliphatic carbocycles. The van der Waals surface area contributed by atoms with E-state index < -0.39 is 0 Å². The fraction of sp³-hybridized carbons (Fsp3) is 0.0508. The van der Waals surface area contributed by atoms with Gasteiger partial charge in [-0.05, 0) is 106 Å². The highest BCUT2D eigenvalue weighted by Gasteiger charge is 2.37. The summed E-state index contributed by atoms with van der Waals surface area (Å²) < 4.78 is 0. The van der Waals surface area contributed by atoms with Gasteiger partial charge in [-0.3, -0.25) is 0 Å². The molecule has 0 aliphatic heterocycles. The summed E-state index contributed by atoms with van der Waals surface area (Å²) in [5.41, 5.74) is 15.2. The van der Waals surface area contributed by atoms with Crippen LogP contribution in [0.3, 0.4) is 0 Å². The number of aromatic nitrogens is 2. The third kappa shape index (κ3) is 5.64. The van der Waals surface area contributed by atoms with Crippen molar-refractivity contribution in [2.75, 3.05) is 0 Å². The third-order valence-corrected chi connectivity index (χ3v) is 13.1. The Morgan fingerprint density at radius 2 is 0.787 bits per heavy atom. The summed E-state index contributed by atoms with van der Waals surface area (Å²) in [6.45, 7) is 4.74. The van der Waals surface area contributed by atoms with Crippen LogP contribution in [-0.4, -0.2) is 9.97 Å². The van der Waals surface area contributed by atoms with Gasteiger partial charge in [-0.2, -0.15) is 0 Å². The molecule has 11 aromatic rings. The van der Waals surface area contributed by atoms with Crippen LogP contribution in [-0.2, 0) is 5.41 Å². The van der Waals surface area contributed by atoms with Crippen molar-refractivity contribution >= 4 is 43.1 Å². The summed E-state index contributed by atoms with van der Waals surface area (Å²) in [4.78, 5) is 10.6. The Balaban J connectivity index is 0.980. The fourth-order valence-corrected chi connectivity index (χ4v) is 10.0. The summed E-state index contributed by atoms with van der Waals surface area (Å²) in [6, 6.07) is 74.9. The Labute approximate surface area is 355 Å². The molecule has 0 unspecified atom stereocenters. The Kier molecular flexibility index (Phi) is 7.92. The largest absolute Gasteiger partial charge is 0.228 e. The molecule has 0 saturated carbocycles. The zero-order valence-corrected chi connectivity index (χ0v) is 34.0. The molecule has 1 aliphatic rings. The lowest BCUT2D eigenvalue weighted by molar-refractivity contribution is 0.661. The highest BCUT2D eigenvalue weighted by Crippen LogP contribution is 2.54. The van der Waals surface area contributed by atoms with Gasteiger partial charge in [-0.25, -0.2) is 9.97 Å². The predicted octanol–water partition coefficient (Wildman–Crippen LogP) is 15.7. The molecule has 12 rings (SSSR count). The first-order valence-electron chi connectivity index (χ1n) is 21.1. The SMILES string of the molecule is CC1(C)c2cc3ccccc3cc2-c2c(-c3ccc(-c4ccc(-c5nc(-c6cccc7ccccc67)cc(-c6cccc7ccccc67)n5)cc4)c4ccccc34)cccc21. The first-order valence-corrected chi connectivity index (χ1v) is 21.1. The summed E-state index contributed by atoms with van der Waals surface area (Å²) in [7, 11) is 0. The van der Waals surface area contributed by atoms with E-state index in [0.29, 0.717) is 5.82 Å². The molecule has 0 bridgehead atoms. The lowest BCUT2D eigenvalue weighted by Gasteiger charge is -2.22. The lowest BCUT2D eigenvalue weighted by atomic mass is 9.81. The molecule has 10 aromatic carbocycles. The number of hydrogen-bond acceptors (Lipinski definition) is 2. The molecule has 0 saturated heterocycles. The van der Waals surface area contributed by atoms with Gasteiger partial charge in [0.25, 0.3) is 0 Å². The van der Waals surface area contributed by atoms with Crippen molar-refractivity contribution in [1.82, 2.24) is 9.97 Å². The average molecular weight is 777 g/mol. The van der Waals surface area contributed by atoms with Crippen molar-refractivity contribution in [3.05, 3.63) is 217 Å². The number of hydrogen-bond donors (Lipinski definition) is 0. The van der Waals surface area contributed by atoms with Gasteiger partial charge < -0.3 is 0 Å². The maximum Gasteiger partial charge on any atom is 0.160 e. The number of nitrogens with zero attached hydrogens (tertiary/aromatic N) is 2. The van der Waals surface area contributed by atoms with E-state index in [1.807, 2.05) is 0 Å². The van der Waals surface area contributed by atoms with E-state index in [9.17, 15) is 0 Å². The Hall–Kier alpha value is -7.68. The number of fused-ring (bicyclic) bond motifs is 7. The van der Waals surface area contributed by atoms with Crippen LogP contribution in [0.5, 0.6) is 0 Å². The minimum Gasteiger partial charge on any atom is -0.228 e. The van der Waals surface area contributed by atoms with E-state index in [-0.39, 0.29) is 5.41 Å². The molecule has 0 N–H and O–H groups in total. The fourth-order valence-electron chi connectivity index (χ4n) is 10.0. The molecule has 0 atom stereocenters. The first-order chi connectivity index (χ1) is 30.0. The van der Waals surface area contributed by atoms with Crippen LogP contribution in [0, 0.1) is 0 Å². The molecule has 61 heavy (non-hydrogen) atoms. The minimum absolute atomic E-state index is 0.101. The summed E-state index contributed by atoms with van der Waals surface area (Å²) in [5, 5.41) is 9.76. The monoisotopic (exact) mass is 776 g/mol. The second-order valence-electron chi connectivity index (χ2n) is 16.9. The Morgan fingerprint density at radius 3 is 1.43 bits per heavy atom. The van der Waals surface area contributed by atoms with Crippen LogP contribution in [0.1, 0.15) is 25.0 Å². The number of benzene rings is 10. The Bertz CT molecular complexity index is 3450. The first kappa shape index (κ1) is 35.3. The van der Waals surface area contributed by atoms with Gasteiger partial charge in [0, 0.05) is 22.1 Å². The molecule has 0 fully saturated rings. The maximum atomic E-state index is 5.29. The van der Waals surface area contributed by atoms with E-state index >= 15 is 0 Å². The van der Waals surface area contributed by atoms with E-state index in [0.717, 1.165) is 33.6 Å². The van der Waals surface area contributed by atoms with Crippen LogP contribution >= 0.6 is 0 Å². The standard InChI is InChI=1S/C59H40N2/c1-59(2)53-27-13-26-51(57(53)52-34-41-16-3-4-17-42(41)35-54(52)59)48-33-32-45(46-22-9-10-23-47(46)48)39-28-30-40(31-29-39)58-60-55(49-24-11-18-37-14-5-7-20-43(37)49)36-56(61-58)50-25-12-19-38-15-6-8-21-44(38)50/h3-36H,1-2H3. The van der Waals surface area contributed by atoms with Crippen LogP contribution < -0.4 is 0 Å². The van der Waals surface area contributed by atoms with Gasteiger partial charge in [0.2, 0.25) is 0 Å². The highest BCUT2D eigenvalue weighted by atomic mass is 14.9. The van der Waals surface area contributed by atoms with Crippen molar-refractivity contribution in [3.8, 4) is 67.3 Å². The molecule has 1 aromatic heterocycles. The smallest absolute Gasteiger partial charge is 0.160 e. The van der Waals surface area contributed by atoms with Gasteiger partial charge >= 0.3 is 0 Å². The van der Waals surface area contributed by atoms with E-state index in [2.05, 4.69) is 220 Å². The van der Waals surface area contributed by atoms with Gasteiger partial charge in [0.1, 0.15) is 0 Å². The summed E-state index contributed by atoms with van der Waals surface area (Å²) >= 11 is 0. The van der Waals surface area contributed by atoms with Crippen molar-refractivity contribution in [2.24, 2.45) is 0 Å². The zero-order valence-electron chi connectivity index (χ0n) is 34.0. The molecular weight excluding hydrogens is 737 g/mol. The van der Waals surface area contributed by atoms with Gasteiger partial charge in [-0.1, -0.05) is 202 Å². The van der Waals surface area contributed by atoms with Crippen molar-refractivity contribution < 1.29 is 0 Å². The zero-order chi connectivity index (χ0) is 40.7. The highest BCUT2D eigenvalue weighted by molar-refractivity contribution is 6.09. The van der Waals surface area contributed by atoms with E-state index in [1.54, 1.807) is 0 Å². The molecule has 0 spiro atoms. The Morgan fingerprint density at radius 1 is 0.311 bits per heavy atom. The predicted molar refractivity (Wildman–Crippen MR) is 257 cm³/mol. The minimum atomic E-state index is -0.101. The van der Waals surface area contributed by atoms with Crippen molar-refractivity contribution in [1.29, 1.82) is 0 Å². The lowest BCUT2D eigenvalue weighted by Crippen LogP contribution is -2.14. The van der Waals surface area contributed by atoms with Gasteiger partial charge in [0.05, 0.1) is 11.4 Å². The summed E-state index contributed by atoms with van der Waals surface area (Å²) in [5.74, 6) is 0.703. The van der Waals surface area contributed by atoms with Crippen LogP contribution in [0.4, 0.5) is 0 Å². The van der Waals surface area contributed by atoms with Crippen LogP contribution in [0.25, 0.3) is 110 Å². The molecular formula is C59H40N2. The second kappa shape index (κ2) is 13.7. The van der Waals surface area contributed by atoms with Gasteiger partial charge in [-0.15, -0.1) is 0 Å². The quantitative estimate of drug-likeness (QED) is 0.174. The van der Waals surface area contributed by atoms with E-state index in [1.165, 1.54) is 82.0 Å². The maximum absolute atomic E-state index is 5.29. The molecule has 2 nitrogen and oxygen atoms in total. The number of rotatable bonds is 5. The second-order valence-corrected chi connectivity index (χ2v) is 16.9. The van der Waals surface area contributed by atoms with Crippen LogP contribution in [0.2, 0.25) is 0 Å². The molecule has 1 heterocycles. The van der Waals surface area contributed by atoms with Gasteiger partial charge in [0.15, 0.2) is 5.82 Å². The molecule has 286 valence electrons. The normalized spacial score (nSPS) is 12.9. The average Bonchev–Trinajstić information content (AvgIpc) is 3.54. The molecule has 0 radical (unpaired) electrons. The summed E-state index contributed by atoms with van der Waals surface area (Å²) in [6.07, 6.45) is 0. The van der Waals surface area contributed by atoms with E-state index in [4.69, 9.17) is 9.97 Å². The van der Waals surface area contributed by atoms with Crippen molar-refractivity contribution in [3.63, 3.8) is 0 Å². The topological polar surface area (TPSA) is 25.8 Å². The molecule has 2 heteroatoms. The van der Waals surface area contributed by atoms with Crippen molar-refractivity contribution in [2.45, 2.75) is 19.3 Å².